The van der Waals surface area contributed by atoms with Crippen molar-refractivity contribution in [3.05, 3.63) is 64.7 Å². The Morgan fingerprint density at radius 2 is 1.74 bits per heavy atom. The molecule has 4 heterocycles. The molecule has 2 aliphatic rings. The number of aryl methyl sites for hydroxylation is 2. The number of hydrogen-bond acceptors (Lipinski definition) is 7. The van der Waals surface area contributed by atoms with Gasteiger partial charge < -0.3 is 14.4 Å². The van der Waals surface area contributed by atoms with Gasteiger partial charge in [-0.3, -0.25) is 4.68 Å². The van der Waals surface area contributed by atoms with Crippen LogP contribution in [-0.4, -0.2) is 45.0 Å². The van der Waals surface area contributed by atoms with Crippen LogP contribution in [0.1, 0.15) is 77.0 Å². The van der Waals surface area contributed by atoms with Crippen LogP contribution in [-0.2, 0) is 21.3 Å². The van der Waals surface area contributed by atoms with E-state index in [1.54, 1.807) is 11.3 Å². The van der Waals surface area contributed by atoms with Gasteiger partial charge in [-0.05, 0) is 114 Å². The zero-order valence-electron chi connectivity index (χ0n) is 27.4. The third-order valence-corrected chi connectivity index (χ3v) is 10.7. The maximum absolute atomic E-state index is 13.5. The van der Waals surface area contributed by atoms with Crippen molar-refractivity contribution in [3.8, 4) is 21.7 Å². The smallest absolute Gasteiger partial charge is 0.339 e. The molecule has 46 heavy (non-hydrogen) atoms. The molecule has 2 aromatic heterocycles. The minimum absolute atomic E-state index is 0.267. The van der Waals surface area contributed by atoms with Crippen LogP contribution in [0.15, 0.2) is 48.5 Å². The standard InChI is InChI=1S/C37H41ClN4O3S/c1-7-44-36(43)32(45-37(3,4)5)30-21(2)19-28-33(31(30)22-11-14-24(38)15-12-22)46-35(39-28)23-13-18-29-27(20-23)34(40-41(29)6)42-25-9-8-10-26(42)17-16-25/h11-15,18-20,25-26,32H,7-10,16-17H2,1-6H3/t25?,26?,32-/m0/s1. The molecule has 3 atom stereocenters. The van der Waals surface area contributed by atoms with E-state index in [1.807, 2.05) is 70.6 Å². The fourth-order valence-electron chi connectivity index (χ4n) is 7.41. The Kier molecular flexibility index (Phi) is 8.10. The number of anilines is 1. The van der Waals surface area contributed by atoms with Gasteiger partial charge in [0.1, 0.15) is 5.01 Å². The number of carbonyl (C=O) groups excluding carboxylic acids is 1. The molecule has 2 unspecified atom stereocenters. The summed E-state index contributed by atoms with van der Waals surface area (Å²) in [6.45, 7) is 9.97. The third-order valence-electron chi connectivity index (χ3n) is 9.31. The van der Waals surface area contributed by atoms with E-state index < -0.39 is 17.7 Å². The summed E-state index contributed by atoms with van der Waals surface area (Å²) in [4.78, 5) is 21.3. The van der Waals surface area contributed by atoms with Crippen molar-refractivity contribution in [2.75, 3.05) is 11.5 Å². The molecular formula is C37H41ClN4O3S. The molecule has 240 valence electrons. The van der Waals surface area contributed by atoms with Crippen molar-refractivity contribution in [1.82, 2.24) is 14.8 Å². The largest absolute Gasteiger partial charge is 0.464 e. The number of hydrogen-bond donors (Lipinski definition) is 0. The van der Waals surface area contributed by atoms with Crippen LogP contribution in [0.5, 0.6) is 0 Å². The second kappa shape index (κ2) is 12.0. The Balaban J connectivity index is 1.41. The zero-order valence-corrected chi connectivity index (χ0v) is 29.0. The normalized spacial score (nSPS) is 18.9. The number of carbonyl (C=O) groups is 1. The van der Waals surface area contributed by atoms with E-state index in [9.17, 15) is 4.79 Å². The minimum atomic E-state index is -0.908. The van der Waals surface area contributed by atoms with Crippen LogP contribution >= 0.6 is 22.9 Å². The van der Waals surface area contributed by atoms with Gasteiger partial charge in [0, 0.05) is 46.2 Å². The van der Waals surface area contributed by atoms with Crippen molar-refractivity contribution in [1.29, 1.82) is 0 Å². The van der Waals surface area contributed by atoms with Gasteiger partial charge in [-0.25, -0.2) is 9.78 Å². The maximum atomic E-state index is 13.5. The lowest BCUT2D eigenvalue weighted by atomic mass is 9.91. The highest BCUT2D eigenvalue weighted by molar-refractivity contribution is 7.22. The molecule has 2 aliphatic heterocycles. The Hall–Kier alpha value is -3.46. The van der Waals surface area contributed by atoms with Crippen LogP contribution in [0.3, 0.4) is 0 Å². The van der Waals surface area contributed by atoms with Crippen LogP contribution in [0.4, 0.5) is 5.82 Å². The molecule has 9 heteroatoms. The van der Waals surface area contributed by atoms with Crippen LogP contribution in [0.2, 0.25) is 5.02 Å². The first-order valence-corrected chi connectivity index (χ1v) is 17.5. The molecule has 3 aromatic carbocycles. The summed E-state index contributed by atoms with van der Waals surface area (Å²) in [6.07, 6.45) is 5.39. The van der Waals surface area contributed by atoms with Gasteiger partial charge in [-0.15, -0.1) is 11.3 Å². The van der Waals surface area contributed by atoms with Crippen LogP contribution in [0.25, 0.3) is 42.8 Å². The quantitative estimate of drug-likeness (QED) is 0.163. The number of rotatable bonds is 7. The number of fused-ring (bicyclic) bond motifs is 4. The first-order valence-electron chi connectivity index (χ1n) is 16.3. The average molecular weight is 657 g/mol. The number of halogens is 1. The molecule has 0 amide bonds. The Labute approximate surface area is 279 Å². The summed E-state index contributed by atoms with van der Waals surface area (Å²) in [5.41, 5.74) is 6.06. The molecule has 0 N–H and O–H groups in total. The Morgan fingerprint density at radius 1 is 1.04 bits per heavy atom. The van der Waals surface area contributed by atoms with E-state index in [2.05, 4.69) is 29.2 Å². The van der Waals surface area contributed by atoms with Gasteiger partial charge >= 0.3 is 5.97 Å². The summed E-state index contributed by atoms with van der Waals surface area (Å²) in [7, 11) is 2.04. The number of nitrogens with zero attached hydrogens (tertiary/aromatic N) is 4. The number of aromatic nitrogens is 3. The maximum Gasteiger partial charge on any atom is 0.339 e. The lowest BCUT2D eigenvalue weighted by Crippen LogP contribution is -2.40. The topological polar surface area (TPSA) is 69.5 Å². The molecule has 7 rings (SSSR count). The molecule has 5 aromatic rings. The Morgan fingerprint density at radius 3 is 2.41 bits per heavy atom. The third kappa shape index (κ3) is 5.58. The summed E-state index contributed by atoms with van der Waals surface area (Å²) in [5, 5.41) is 7.80. The van der Waals surface area contributed by atoms with Gasteiger partial charge in [-0.2, -0.15) is 5.10 Å². The first kappa shape index (κ1) is 31.2. The zero-order chi connectivity index (χ0) is 32.3. The van der Waals surface area contributed by atoms with Gasteiger partial charge in [-0.1, -0.05) is 23.7 Å². The fraction of sp³-hybridized carbons (Fsp3) is 0.432. The lowest BCUT2D eigenvalue weighted by Gasteiger charge is -2.35. The molecule has 7 nitrogen and oxygen atoms in total. The van der Waals surface area contributed by atoms with E-state index in [0.717, 1.165) is 54.4 Å². The summed E-state index contributed by atoms with van der Waals surface area (Å²) in [5.74, 6) is 0.699. The van der Waals surface area contributed by atoms with E-state index in [-0.39, 0.29) is 6.61 Å². The van der Waals surface area contributed by atoms with Crippen molar-refractivity contribution < 1.29 is 14.3 Å². The van der Waals surface area contributed by atoms with E-state index in [1.165, 1.54) is 37.5 Å². The number of ether oxygens (including phenoxy) is 2. The minimum Gasteiger partial charge on any atom is -0.464 e. The van der Waals surface area contributed by atoms with Gasteiger partial charge in [0.15, 0.2) is 11.9 Å². The monoisotopic (exact) mass is 656 g/mol. The second-order valence-corrected chi connectivity index (χ2v) is 15.1. The number of thiazole rings is 1. The average Bonchev–Trinajstić information content (AvgIpc) is 3.65. The molecule has 2 bridgehead atoms. The predicted octanol–water partition coefficient (Wildman–Crippen LogP) is 9.42. The predicted molar refractivity (Wildman–Crippen MR) is 188 cm³/mol. The molecule has 2 fully saturated rings. The van der Waals surface area contributed by atoms with Crippen molar-refractivity contribution >= 4 is 55.8 Å². The molecule has 0 radical (unpaired) electrons. The van der Waals surface area contributed by atoms with E-state index in [4.69, 9.17) is 31.2 Å². The van der Waals surface area contributed by atoms with Gasteiger partial charge in [0.2, 0.25) is 0 Å². The SMILES string of the molecule is CCOC(=O)[C@@H](OC(C)(C)C)c1c(C)cc2nc(-c3ccc4c(c3)c(N3C5CCCC3CC5)nn4C)sc2c1-c1ccc(Cl)cc1. The lowest BCUT2D eigenvalue weighted by molar-refractivity contribution is -0.166. The Bertz CT molecular complexity index is 1920. The molecule has 0 spiro atoms. The first-order chi connectivity index (χ1) is 22.0. The van der Waals surface area contributed by atoms with Gasteiger partial charge in [0.05, 0.1) is 27.9 Å². The van der Waals surface area contributed by atoms with Crippen molar-refractivity contribution in [2.45, 2.75) is 90.5 Å². The number of piperidine rings is 1. The van der Waals surface area contributed by atoms with E-state index in [0.29, 0.717) is 17.1 Å². The highest BCUT2D eigenvalue weighted by atomic mass is 35.5. The highest BCUT2D eigenvalue weighted by Crippen LogP contribution is 2.46. The van der Waals surface area contributed by atoms with Crippen LogP contribution in [0, 0.1) is 6.92 Å². The molecule has 0 saturated carbocycles. The summed E-state index contributed by atoms with van der Waals surface area (Å²) in [6, 6.07) is 17.6. The summed E-state index contributed by atoms with van der Waals surface area (Å²) >= 11 is 7.97. The molecular weight excluding hydrogens is 616 g/mol. The van der Waals surface area contributed by atoms with E-state index >= 15 is 0 Å². The molecule has 2 saturated heterocycles. The van der Waals surface area contributed by atoms with Gasteiger partial charge in [0.25, 0.3) is 0 Å². The summed E-state index contributed by atoms with van der Waals surface area (Å²) < 4.78 is 15.0. The van der Waals surface area contributed by atoms with Crippen LogP contribution < -0.4 is 4.90 Å². The highest BCUT2D eigenvalue weighted by Gasteiger charge is 2.39. The van der Waals surface area contributed by atoms with Crippen molar-refractivity contribution in [3.63, 3.8) is 0 Å². The molecule has 0 aliphatic carbocycles. The van der Waals surface area contributed by atoms with Crippen molar-refractivity contribution in [2.24, 2.45) is 7.05 Å². The number of benzene rings is 3. The second-order valence-electron chi connectivity index (χ2n) is 13.6. The number of esters is 1. The fourth-order valence-corrected chi connectivity index (χ4v) is 8.65.